The van der Waals surface area contributed by atoms with Gasteiger partial charge in [0.1, 0.15) is 12.4 Å². The molecule has 0 bridgehead atoms. The first kappa shape index (κ1) is 20.4. The van der Waals surface area contributed by atoms with Crippen LogP contribution in [0.15, 0.2) is 18.3 Å². The fourth-order valence-corrected chi connectivity index (χ4v) is 3.66. The summed E-state index contributed by atoms with van der Waals surface area (Å²) < 4.78 is 37.4. The van der Waals surface area contributed by atoms with Crippen molar-refractivity contribution in [3.05, 3.63) is 23.9 Å². The molecule has 1 aromatic rings. The molecule has 2 saturated heterocycles. The van der Waals surface area contributed by atoms with Crippen molar-refractivity contribution in [2.45, 2.75) is 44.8 Å². The number of amides is 2. The standard InChI is InChI=1S/C19H25F3N4O2/c20-19(21,22)13-26-12-15(9-17(26)27)18(28)24-11-14-5-6-16(23-10-14)25-7-3-1-2-4-8-25/h5-6,10,15H,1-4,7-9,11-13H2,(H,24,28)/t15-/m0/s1. The zero-order valence-electron chi connectivity index (χ0n) is 15.7. The van der Waals surface area contributed by atoms with Crippen LogP contribution < -0.4 is 10.2 Å². The normalized spacial score (nSPS) is 21.0. The van der Waals surface area contributed by atoms with Crippen LogP contribution in [0, 0.1) is 5.92 Å². The smallest absolute Gasteiger partial charge is 0.357 e. The molecule has 2 fully saturated rings. The van der Waals surface area contributed by atoms with Crippen LogP contribution in [0.2, 0.25) is 0 Å². The topological polar surface area (TPSA) is 65.5 Å². The number of anilines is 1. The Labute approximate surface area is 162 Å². The summed E-state index contributed by atoms with van der Waals surface area (Å²) in [7, 11) is 0. The quantitative estimate of drug-likeness (QED) is 0.828. The number of nitrogens with zero attached hydrogens (tertiary/aromatic N) is 3. The number of carbonyl (C=O) groups excluding carboxylic acids is 2. The molecule has 0 aromatic carbocycles. The summed E-state index contributed by atoms with van der Waals surface area (Å²) in [5.41, 5.74) is 0.809. The highest BCUT2D eigenvalue weighted by Gasteiger charge is 2.40. The van der Waals surface area contributed by atoms with Crippen molar-refractivity contribution >= 4 is 17.6 Å². The second-order valence-electron chi connectivity index (χ2n) is 7.43. The van der Waals surface area contributed by atoms with Crippen molar-refractivity contribution in [1.82, 2.24) is 15.2 Å². The van der Waals surface area contributed by atoms with Crippen molar-refractivity contribution in [2.75, 3.05) is 31.1 Å². The monoisotopic (exact) mass is 398 g/mol. The van der Waals surface area contributed by atoms with Gasteiger partial charge in [0.25, 0.3) is 0 Å². The highest BCUT2D eigenvalue weighted by molar-refractivity contribution is 5.89. The fraction of sp³-hybridized carbons (Fsp3) is 0.632. The predicted molar refractivity (Wildman–Crippen MR) is 97.5 cm³/mol. The summed E-state index contributed by atoms with van der Waals surface area (Å²) in [6.07, 6.45) is 1.86. The van der Waals surface area contributed by atoms with Gasteiger partial charge in [-0.05, 0) is 24.5 Å². The van der Waals surface area contributed by atoms with Gasteiger partial charge in [0, 0.05) is 38.8 Å². The third-order valence-corrected chi connectivity index (χ3v) is 5.16. The number of halogens is 3. The molecule has 0 spiro atoms. The van der Waals surface area contributed by atoms with E-state index >= 15 is 0 Å². The van der Waals surface area contributed by atoms with Crippen LogP contribution in [-0.4, -0.2) is 54.1 Å². The zero-order valence-corrected chi connectivity index (χ0v) is 15.7. The molecule has 28 heavy (non-hydrogen) atoms. The first-order valence-corrected chi connectivity index (χ1v) is 9.64. The summed E-state index contributed by atoms with van der Waals surface area (Å²) in [4.78, 5) is 31.3. The number of carbonyl (C=O) groups is 2. The van der Waals surface area contributed by atoms with Gasteiger partial charge in [-0.1, -0.05) is 18.9 Å². The van der Waals surface area contributed by atoms with Crippen LogP contribution in [0.3, 0.4) is 0 Å². The number of likely N-dealkylation sites (tertiary alicyclic amines) is 1. The molecule has 0 unspecified atom stereocenters. The fourth-order valence-electron chi connectivity index (χ4n) is 3.66. The highest BCUT2D eigenvalue weighted by Crippen LogP contribution is 2.24. The third kappa shape index (κ3) is 5.59. The maximum Gasteiger partial charge on any atom is 0.406 e. The Morgan fingerprint density at radius 3 is 2.50 bits per heavy atom. The van der Waals surface area contributed by atoms with Crippen molar-refractivity contribution in [3.8, 4) is 0 Å². The first-order valence-electron chi connectivity index (χ1n) is 9.64. The van der Waals surface area contributed by atoms with Gasteiger partial charge in [0.15, 0.2) is 0 Å². The summed E-state index contributed by atoms with van der Waals surface area (Å²) in [6.45, 7) is 0.713. The largest absolute Gasteiger partial charge is 0.406 e. The summed E-state index contributed by atoms with van der Waals surface area (Å²) in [5, 5.41) is 2.70. The molecule has 1 aromatic heterocycles. The maximum atomic E-state index is 12.5. The van der Waals surface area contributed by atoms with Crippen LogP contribution in [0.4, 0.5) is 19.0 Å². The molecular formula is C19H25F3N4O2. The van der Waals surface area contributed by atoms with Crippen molar-refractivity contribution in [1.29, 1.82) is 0 Å². The molecule has 3 rings (SSSR count). The lowest BCUT2D eigenvalue weighted by Crippen LogP contribution is -2.37. The molecule has 2 aliphatic heterocycles. The second kappa shape index (κ2) is 8.79. The lowest BCUT2D eigenvalue weighted by Gasteiger charge is -2.21. The molecule has 0 radical (unpaired) electrons. The van der Waals surface area contributed by atoms with Crippen molar-refractivity contribution < 1.29 is 22.8 Å². The molecule has 3 heterocycles. The average molecular weight is 398 g/mol. The SMILES string of the molecule is O=C(NCc1ccc(N2CCCCCC2)nc1)[C@H]1CC(=O)N(CC(F)(F)F)C1. The number of alkyl halides is 3. The summed E-state index contributed by atoms with van der Waals surface area (Å²) in [6, 6.07) is 3.82. The molecular weight excluding hydrogens is 373 g/mol. The van der Waals surface area contributed by atoms with E-state index in [1.165, 1.54) is 12.8 Å². The van der Waals surface area contributed by atoms with Gasteiger partial charge in [-0.3, -0.25) is 9.59 Å². The van der Waals surface area contributed by atoms with E-state index in [1.807, 2.05) is 12.1 Å². The van der Waals surface area contributed by atoms with E-state index in [9.17, 15) is 22.8 Å². The van der Waals surface area contributed by atoms with Crippen LogP contribution in [0.5, 0.6) is 0 Å². The number of hydrogen-bond donors (Lipinski definition) is 1. The lowest BCUT2D eigenvalue weighted by molar-refractivity contribution is -0.157. The van der Waals surface area contributed by atoms with Crippen molar-refractivity contribution in [2.24, 2.45) is 5.92 Å². The van der Waals surface area contributed by atoms with E-state index in [1.54, 1.807) is 6.20 Å². The molecule has 2 aliphatic rings. The van der Waals surface area contributed by atoms with E-state index in [-0.39, 0.29) is 19.5 Å². The van der Waals surface area contributed by atoms with Crippen LogP contribution >= 0.6 is 0 Å². The Kier molecular flexibility index (Phi) is 6.41. The number of rotatable bonds is 5. The van der Waals surface area contributed by atoms with E-state index in [0.29, 0.717) is 4.90 Å². The summed E-state index contributed by atoms with van der Waals surface area (Å²) in [5.74, 6) is -0.879. The van der Waals surface area contributed by atoms with Gasteiger partial charge in [-0.2, -0.15) is 13.2 Å². The Hall–Kier alpha value is -2.32. The number of aromatic nitrogens is 1. The minimum absolute atomic E-state index is 0.186. The van der Waals surface area contributed by atoms with Gasteiger partial charge >= 0.3 is 6.18 Å². The molecule has 1 atom stereocenters. The molecule has 1 N–H and O–H groups in total. The summed E-state index contributed by atoms with van der Waals surface area (Å²) >= 11 is 0. The molecule has 0 saturated carbocycles. The molecule has 0 aliphatic carbocycles. The van der Waals surface area contributed by atoms with E-state index < -0.39 is 30.5 Å². The van der Waals surface area contributed by atoms with Gasteiger partial charge in [0.2, 0.25) is 11.8 Å². The Bertz CT molecular complexity index is 685. The van der Waals surface area contributed by atoms with Crippen LogP contribution in [-0.2, 0) is 16.1 Å². The second-order valence-corrected chi connectivity index (χ2v) is 7.43. The first-order chi connectivity index (χ1) is 13.3. The van der Waals surface area contributed by atoms with E-state index in [0.717, 1.165) is 37.3 Å². The molecule has 6 nitrogen and oxygen atoms in total. The lowest BCUT2D eigenvalue weighted by atomic mass is 10.1. The molecule has 2 amide bonds. The zero-order chi connectivity index (χ0) is 20.1. The minimum Gasteiger partial charge on any atom is -0.357 e. The van der Waals surface area contributed by atoms with Gasteiger partial charge < -0.3 is 15.1 Å². The molecule has 154 valence electrons. The van der Waals surface area contributed by atoms with Gasteiger partial charge in [-0.25, -0.2) is 4.98 Å². The molecule has 9 heteroatoms. The van der Waals surface area contributed by atoms with Crippen LogP contribution in [0.1, 0.15) is 37.7 Å². The highest BCUT2D eigenvalue weighted by atomic mass is 19.4. The number of pyridine rings is 1. The minimum atomic E-state index is -4.46. The van der Waals surface area contributed by atoms with Crippen molar-refractivity contribution in [3.63, 3.8) is 0 Å². The Morgan fingerprint density at radius 2 is 1.89 bits per heavy atom. The van der Waals surface area contributed by atoms with Gasteiger partial charge in [-0.15, -0.1) is 0 Å². The van der Waals surface area contributed by atoms with Crippen LogP contribution in [0.25, 0.3) is 0 Å². The predicted octanol–water partition coefficient (Wildman–Crippen LogP) is 2.49. The Morgan fingerprint density at radius 1 is 1.18 bits per heavy atom. The average Bonchev–Trinajstić information content (AvgIpc) is 2.86. The maximum absolute atomic E-state index is 12.5. The van der Waals surface area contributed by atoms with Gasteiger partial charge in [0.05, 0.1) is 5.92 Å². The van der Waals surface area contributed by atoms with E-state index in [4.69, 9.17) is 0 Å². The third-order valence-electron chi connectivity index (χ3n) is 5.16. The number of nitrogens with one attached hydrogen (secondary N) is 1. The Balaban J connectivity index is 1.48. The number of hydrogen-bond acceptors (Lipinski definition) is 4. The van der Waals surface area contributed by atoms with E-state index in [2.05, 4.69) is 15.2 Å².